The molecule has 0 atom stereocenters. The Kier molecular flexibility index (Phi) is 4.68. The average Bonchev–Trinajstić information content (AvgIpc) is 3.40. The fraction of sp³-hybridized carbons (Fsp3) is 0.381. The number of fused-ring (bicyclic) bond motifs is 1. The molecule has 5 nitrogen and oxygen atoms in total. The van der Waals surface area contributed by atoms with E-state index in [4.69, 9.17) is 0 Å². The number of carbonyl (C=O) groups is 1. The number of aromatic nitrogens is 3. The van der Waals surface area contributed by atoms with Crippen molar-refractivity contribution in [3.05, 3.63) is 69.0 Å². The van der Waals surface area contributed by atoms with Gasteiger partial charge in [-0.25, -0.2) is 4.98 Å². The van der Waals surface area contributed by atoms with Gasteiger partial charge in [0.15, 0.2) is 5.78 Å². The molecule has 0 saturated heterocycles. The Morgan fingerprint density at radius 3 is 2.74 bits per heavy atom. The maximum Gasteiger partial charge on any atom is 0.258 e. The predicted octanol–water partition coefficient (Wildman–Crippen LogP) is 3.87. The summed E-state index contributed by atoms with van der Waals surface area (Å²) < 4.78 is 3.85. The summed E-state index contributed by atoms with van der Waals surface area (Å²) in [5.41, 5.74) is 5.37. The third-order valence-corrected chi connectivity index (χ3v) is 6.01. The van der Waals surface area contributed by atoms with Crippen LogP contribution in [0.2, 0.25) is 0 Å². The summed E-state index contributed by atoms with van der Waals surface area (Å²) in [5, 5.41) is 0. The highest BCUT2D eigenvalue weighted by Gasteiger charge is 2.28. The van der Waals surface area contributed by atoms with E-state index in [9.17, 15) is 9.59 Å². The summed E-state index contributed by atoms with van der Waals surface area (Å²) in [6.07, 6.45) is 4.21. The Labute approximate surface area is 162 Å². The first kappa shape index (κ1) is 18.0. The van der Waals surface area contributed by atoms with Crippen LogP contribution in [0.25, 0.3) is 5.65 Å². The van der Waals surface area contributed by atoms with E-state index in [2.05, 4.69) is 16.5 Å². The Morgan fingerprint density at radius 1 is 1.22 bits per heavy atom. The number of ketones is 1. The summed E-state index contributed by atoms with van der Waals surface area (Å²) in [6, 6.07) is 7.95. The molecular formula is C21H23N3O2S. The number of carbonyl (C=O) groups excluding carboxylic acids is 1. The van der Waals surface area contributed by atoms with Crippen molar-refractivity contribution in [1.82, 2.24) is 14.0 Å². The number of Topliss-reactive ketones (excluding diaryl/α,β-unsaturated/α-hetero) is 1. The largest absolute Gasteiger partial charge is 0.345 e. The number of nitrogens with zero attached hydrogens (tertiary/aromatic N) is 3. The molecule has 6 heteroatoms. The van der Waals surface area contributed by atoms with Gasteiger partial charge in [0.2, 0.25) is 0 Å². The van der Waals surface area contributed by atoms with Crippen molar-refractivity contribution in [2.24, 2.45) is 0 Å². The lowest BCUT2D eigenvalue weighted by Gasteiger charge is -2.07. The number of aryl methyl sites for hydroxylation is 2. The molecule has 1 saturated carbocycles. The van der Waals surface area contributed by atoms with Gasteiger partial charge in [0.05, 0.1) is 11.4 Å². The van der Waals surface area contributed by atoms with Crippen LogP contribution >= 0.6 is 11.8 Å². The third kappa shape index (κ3) is 3.58. The van der Waals surface area contributed by atoms with Crippen LogP contribution in [-0.4, -0.2) is 25.5 Å². The lowest BCUT2D eigenvalue weighted by molar-refractivity contribution is 0.102. The zero-order valence-corrected chi connectivity index (χ0v) is 16.7. The lowest BCUT2D eigenvalue weighted by Crippen LogP contribution is -2.15. The molecule has 0 amide bonds. The molecular weight excluding hydrogens is 358 g/mol. The van der Waals surface area contributed by atoms with Crippen LogP contribution in [0, 0.1) is 20.8 Å². The Balaban J connectivity index is 1.45. The molecule has 27 heavy (non-hydrogen) atoms. The van der Waals surface area contributed by atoms with Crippen molar-refractivity contribution >= 4 is 23.2 Å². The van der Waals surface area contributed by atoms with Gasteiger partial charge in [-0.1, -0.05) is 6.07 Å². The van der Waals surface area contributed by atoms with Gasteiger partial charge < -0.3 is 4.57 Å². The molecule has 1 aliphatic carbocycles. The van der Waals surface area contributed by atoms with Gasteiger partial charge >= 0.3 is 0 Å². The van der Waals surface area contributed by atoms with Gasteiger partial charge in [0.25, 0.3) is 5.56 Å². The first-order valence-electron chi connectivity index (χ1n) is 9.22. The first-order chi connectivity index (χ1) is 12.9. The van der Waals surface area contributed by atoms with Crippen LogP contribution in [0.1, 0.15) is 51.9 Å². The smallest absolute Gasteiger partial charge is 0.258 e. The summed E-state index contributed by atoms with van der Waals surface area (Å²) in [5.74, 6) is 1.09. The van der Waals surface area contributed by atoms with Gasteiger partial charge in [-0.15, -0.1) is 11.8 Å². The fourth-order valence-electron chi connectivity index (χ4n) is 3.61. The van der Waals surface area contributed by atoms with E-state index in [1.54, 1.807) is 16.7 Å². The van der Waals surface area contributed by atoms with Crippen LogP contribution in [-0.2, 0) is 5.75 Å². The van der Waals surface area contributed by atoms with Crippen molar-refractivity contribution in [2.45, 2.75) is 45.4 Å². The standard InChI is InChI=1S/C21H23N3O2S/c1-13-4-7-20-22-16(9-21(26)23(20)10-13)11-27-12-19(25)18-8-14(2)24(15(18)3)17-5-6-17/h4,7-10,17H,5-6,11-12H2,1-3H3. The Morgan fingerprint density at radius 2 is 2.00 bits per heavy atom. The van der Waals surface area contributed by atoms with Crippen molar-refractivity contribution in [1.29, 1.82) is 0 Å². The summed E-state index contributed by atoms with van der Waals surface area (Å²) >= 11 is 1.51. The highest BCUT2D eigenvalue weighted by atomic mass is 32.2. The molecule has 1 aliphatic rings. The molecule has 3 heterocycles. The zero-order chi connectivity index (χ0) is 19.1. The summed E-state index contributed by atoms with van der Waals surface area (Å²) in [4.78, 5) is 29.5. The monoisotopic (exact) mass is 381 g/mol. The molecule has 140 valence electrons. The second-order valence-electron chi connectivity index (χ2n) is 7.32. The number of hydrogen-bond acceptors (Lipinski definition) is 4. The minimum atomic E-state index is -0.0846. The van der Waals surface area contributed by atoms with Crippen LogP contribution in [0.15, 0.2) is 35.3 Å². The fourth-order valence-corrected chi connectivity index (χ4v) is 4.41. The van der Waals surface area contributed by atoms with Crippen LogP contribution < -0.4 is 5.56 Å². The van der Waals surface area contributed by atoms with E-state index in [1.165, 1.54) is 30.3 Å². The second-order valence-corrected chi connectivity index (χ2v) is 8.31. The normalized spacial score (nSPS) is 14.0. The number of rotatable bonds is 6. The average molecular weight is 382 g/mol. The lowest BCUT2D eigenvalue weighted by atomic mass is 10.2. The van der Waals surface area contributed by atoms with E-state index in [0.29, 0.717) is 28.9 Å². The summed E-state index contributed by atoms with van der Waals surface area (Å²) in [7, 11) is 0. The van der Waals surface area contributed by atoms with Crippen molar-refractivity contribution < 1.29 is 4.79 Å². The first-order valence-corrected chi connectivity index (χ1v) is 10.4. The number of pyridine rings is 1. The molecule has 4 rings (SSSR count). The maximum absolute atomic E-state index is 12.7. The topological polar surface area (TPSA) is 56.4 Å². The highest BCUT2D eigenvalue weighted by Crippen LogP contribution is 2.38. The summed E-state index contributed by atoms with van der Waals surface area (Å²) in [6.45, 7) is 6.06. The molecule has 1 fully saturated rings. The zero-order valence-electron chi connectivity index (χ0n) is 15.9. The van der Waals surface area contributed by atoms with Gasteiger partial charge in [-0.2, -0.15) is 0 Å². The molecule has 0 spiro atoms. The molecule has 0 N–H and O–H groups in total. The van der Waals surface area contributed by atoms with Crippen LogP contribution in [0.5, 0.6) is 0 Å². The minimum Gasteiger partial charge on any atom is -0.345 e. The SMILES string of the molecule is Cc1ccc2nc(CSCC(=O)c3cc(C)n(C4CC4)c3C)cc(=O)n2c1. The van der Waals surface area contributed by atoms with Crippen molar-refractivity contribution in [2.75, 3.05) is 5.75 Å². The van der Waals surface area contributed by atoms with Crippen molar-refractivity contribution in [3.63, 3.8) is 0 Å². The molecule has 3 aromatic heterocycles. The van der Waals surface area contributed by atoms with Crippen LogP contribution in [0.3, 0.4) is 0 Å². The number of thioether (sulfide) groups is 1. The highest BCUT2D eigenvalue weighted by molar-refractivity contribution is 7.99. The molecule has 0 radical (unpaired) electrons. The molecule has 0 aromatic carbocycles. The van der Waals surface area contributed by atoms with E-state index in [-0.39, 0.29) is 11.3 Å². The maximum atomic E-state index is 12.7. The quantitative estimate of drug-likeness (QED) is 0.608. The number of hydrogen-bond donors (Lipinski definition) is 0. The van der Waals surface area contributed by atoms with E-state index in [0.717, 1.165) is 16.8 Å². The minimum absolute atomic E-state index is 0.0846. The van der Waals surface area contributed by atoms with Gasteiger partial charge in [0, 0.05) is 41.0 Å². The second kappa shape index (κ2) is 7.00. The van der Waals surface area contributed by atoms with E-state index < -0.39 is 0 Å². The van der Waals surface area contributed by atoms with Gasteiger partial charge in [-0.3, -0.25) is 14.0 Å². The van der Waals surface area contributed by atoms with E-state index >= 15 is 0 Å². The molecule has 3 aromatic rings. The molecule has 0 bridgehead atoms. The van der Waals surface area contributed by atoms with Crippen molar-refractivity contribution in [3.8, 4) is 0 Å². The van der Waals surface area contributed by atoms with E-state index in [1.807, 2.05) is 32.0 Å². The molecule has 0 unspecified atom stereocenters. The Hall–Kier alpha value is -2.34. The molecule has 0 aliphatic heterocycles. The van der Waals surface area contributed by atoms with Gasteiger partial charge in [-0.05, 0) is 51.3 Å². The third-order valence-electron chi connectivity index (χ3n) is 5.04. The van der Waals surface area contributed by atoms with Gasteiger partial charge in [0.1, 0.15) is 5.65 Å². The van der Waals surface area contributed by atoms with Crippen LogP contribution in [0.4, 0.5) is 0 Å². The predicted molar refractivity (Wildman–Crippen MR) is 109 cm³/mol. The Bertz CT molecular complexity index is 1090.